The molecule has 0 spiro atoms. The van der Waals surface area contributed by atoms with E-state index >= 15 is 0 Å². The van der Waals surface area contributed by atoms with Gasteiger partial charge in [-0.15, -0.1) is 0 Å². The molecule has 50 valence electrons. The second-order valence-corrected chi connectivity index (χ2v) is 2.88. The zero-order chi connectivity index (χ0) is 6.91. The Morgan fingerprint density at radius 1 is 1.50 bits per heavy atom. The van der Waals surface area contributed by atoms with Crippen molar-refractivity contribution in [3.8, 4) is 0 Å². The molecule has 0 aliphatic heterocycles. The summed E-state index contributed by atoms with van der Waals surface area (Å²) in [6.07, 6.45) is 2.52. The van der Waals surface area contributed by atoms with Crippen LogP contribution >= 0.6 is 0 Å². The van der Waals surface area contributed by atoms with Gasteiger partial charge in [0.25, 0.3) is 0 Å². The smallest absolute Gasteiger partial charge is 0.744 e. The van der Waals surface area contributed by atoms with Crippen LogP contribution in [0.1, 0.15) is 0 Å². The van der Waals surface area contributed by atoms with E-state index in [2.05, 4.69) is 4.98 Å². The molecule has 10 heavy (non-hydrogen) atoms. The van der Waals surface area contributed by atoms with Gasteiger partial charge in [0, 0.05) is 12.4 Å². The van der Waals surface area contributed by atoms with Crippen LogP contribution in [0.4, 0.5) is 0 Å². The number of H-pyrrole nitrogens is 1. The first-order valence-electron chi connectivity index (χ1n) is 2.19. The van der Waals surface area contributed by atoms with Crippen molar-refractivity contribution in [3.63, 3.8) is 0 Å². The van der Waals surface area contributed by atoms with Crippen molar-refractivity contribution in [1.82, 2.24) is 4.98 Å². The van der Waals surface area contributed by atoms with Crippen LogP contribution in [-0.4, -0.2) is 18.0 Å². The zero-order valence-electron chi connectivity index (χ0n) is 5.37. The second kappa shape index (κ2) is 3.54. The van der Waals surface area contributed by atoms with Crippen LogP contribution in [0.15, 0.2) is 23.4 Å². The number of aromatic nitrogens is 1. The topological polar surface area (TPSA) is 73.0 Å². The molecule has 0 aromatic carbocycles. The quantitative estimate of drug-likeness (QED) is 0.358. The molecular formula is C4H4NNaO3S. The van der Waals surface area contributed by atoms with Crippen molar-refractivity contribution >= 4 is 10.1 Å². The zero-order valence-corrected chi connectivity index (χ0v) is 8.18. The van der Waals surface area contributed by atoms with Crippen molar-refractivity contribution in [3.05, 3.63) is 18.5 Å². The molecule has 0 aliphatic rings. The number of hydrogen-bond acceptors (Lipinski definition) is 3. The Labute approximate surface area is 80.7 Å². The summed E-state index contributed by atoms with van der Waals surface area (Å²) in [7, 11) is -4.24. The van der Waals surface area contributed by atoms with Crippen LogP contribution in [0.5, 0.6) is 0 Å². The molecule has 0 atom stereocenters. The maximum Gasteiger partial charge on any atom is 1.00 e. The van der Waals surface area contributed by atoms with Crippen molar-refractivity contribution in [2.75, 3.05) is 0 Å². The summed E-state index contributed by atoms with van der Waals surface area (Å²) in [4.78, 5) is 2.24. The third-order valence-corrected chi connectivity index (χ3v) is 1.69. The summed E-state index contributed by atoms with van der Waals surface area (Å²) >= 11 is 0. The molecule has 0 saturated heterocycles. The van der Waals surface area contributed by atoms with Crippen LogP contribution in [-0.2, 0) is 10.1 Å². The normalized spacial score (nSPS) is 10.5. The van der Waals surface area contributed by atoms with Gasteiger partial charge in [-0.25, -0.2) is 8.42 Å². The first-order valence-corrected chi connectivity index (χ1v) is 3.60. The molecule has 1 aromatic heterocycles. The van der Waals surface area contributed by atoms with Gasteiger partial charge in [0.05, 0.1) is 4.90 Å². The predicted octanol–water partition coefficient (Wildman–Crippen LogP) is -3.08. The molecule has 1 heterocycles. The van der Waals surface area contributed by atoms with Crippen molar-refractivity contribution in [1.29, 1.82) is 0 Å². The molecule has 0 amide bonds. The van der Waals surface area contributed by atoms with Crippen LogP contribution in [0.3, 0.4) is 0 Å². The van der Waals surface area contributed by atoms with Gasteiger partial charge in [-0.2, -0.15) is 0 Å². The van der Waals surface area contributed by atoms with Gasteiger partial charge in [0.15, 0.2) is 0 Å². The monoisotopic (exact) mass is 169 g/mol. The Bertz CT molecular complexity index is 277. The first-order chi connectivity index (χ1) is 4.11. The van der Waals surface area contributed by atoms with Gasteiger partial charge in [0.2, 0.25) is 0 Å². The minimum atomic E-state index is -4.24. The Kier molecular flexibility index (Phi) is 3.61. The molecule has 4 nitrogen and oxygen atoms in total. The molecule has 6 heteroatoms. The van der Waals surface area contributed by atoms with Crippen molar-refractivity contribution < 1.29 is 42.5 Å². The van der Waals surface area contributed by atoms with E-state index in [1.165, 1.54) is 12.3 Å². The first kappa shape index (κ1) is 10.2. The average Bonchev–Trinajstić information content (AvgIpc) is 2.08. The number of aromatic amines is 1. The Balaban J connectivity index is 0.000000810. The number of hydrogen-bond donors (Lipinski definition) is 1. The summed E-state index contributed by atoms with van der Waals surface area (Å²) < 4.78 is 30.4. The fourth-order valence-corrected chi connectivity index (χ4v) is 0.911. The maximum absolute atomic E-state index is 10.1. The standard InChI is InChI=1S/C4H5NO3S.Na/c6-9(7,8)4-1-2-5-3-4;/h1-3,5H,(H,6,7,8);/q;+1/p-1. The van der Waals surface area contributed by atoms with E-state index in [1.807, 2.05) is 0 Å². The number of nitrogens with one attached hydrogen (secondary N) is 1. The van der Waals surface area contributed by atoms with E-state index in [9.17, 15) is 13.0 Å². The molecule has 0 aliphatic carbocycles. The van der Waals surface area contributed by atoms with E-state index < -0.39 is 10.1 Å². The summed E-state index contributed by atoms with van der Waals surface area (Å²) in [6, 6.07) is 1.21. The number of rotatable bonds is 1. The van der Waals surface area contributed by atoms with Crippen LogP contribution in [0.2, 0.25) is 0 Å². The summed E-state index contributed by atoms with van der Waals surface area (Å²) in [5.41, 5.74) is 0. The van der Waals surface area contributed by atoms with Gasteiger partial charge in [0.1, 0.15) is 10.1 Å². The second-order valence-electron chi connectivity index (χ2n) is 1.50. The summed E-state index contributed by atoms with van der Waals surface area (Å²) in [6.45, 7) is 0. The molecular weight excluding hydrogens is 165 g/mol. The van der Waals surface area contributed by atoms with Gasteiger partial charge >= 0.3 is 29.6 Å². The van der Waals surface area contributed by atoms with Gasteiger partial charge in [-0.3, -0.25) is 0 Å². The van der Waals surface area contributed by atoms with Crippen molar-refractivity contribution in [2.45, 2.75) is 4.90 Å². The minimum absolute atomic E-state index is 0. The van der Waals surface area contributed by atoms with Crippen LogP contribution in [0.25, 0.3) is 0 Å². The Hall–Kier alpha value is 0.190. The summed E-state index contributed by atoms with van der Waals surface area (Å²) in [5, 5.41) is 0. The molecule has 0 radical (unpaired) electrons. The van der Waals surface area contributed by atoms with E-state index in [0.29, 0.717) is 0 Å². The summed E-state index contributed by atoms with van der Waals surface area (Å²) in [5.74, 6) is 0. The third-order valence-electron chi connectivity index (χ3n) is 0.858. The molecule has 1 rings (SSSR count). The van der Waals surface area contributed by atoms with E-state index in [0.717, 1.165) is 6.20 Å². The SMILES string of the molecule is O=S(=O)([O-])c1cc[nH]c1.[Na+]. The van der Waals surface area contributed by atoms with Crippen LogP contribution < -0.4 is 29.6 Å². The predicted molar refractivity (Wildman–Crippen MR) is 28.8 cm³/mol. The molecule has 0 bridgehead atoms. The minimum Gasteiger partial charge on any atom is -0.744 e. The average molecular weight is 169 g/mol. The van der Waals surface area contributed by atoms with E-state index in [-0.39, 0.29) is 34.5 Å². The maximum atomic E-state index is 10.1. The van der Waals surface area contributed by atoms with Crippen molar-refractivity contribution in [2.24, 2.45) is 0 Å². The Morgan fingerprint density at radius 3 is 2.30 bits per heavy atom. The van der Waals surface area contributed by atoms with Gasteiger partial charge < -0.3 is 9.54 Å². The molecule has 1 N–H and O–H groups in total. The van der Waals surface area contributed by atoms with Gasteiger partial charge in [-0.05, 0) is 6.07 Å². The Morgan fingerprint density at radius 2 is 2.10 bits per heavy atom. The fourth-order valence-electron chi connectivity index (χ4n) is 0.464. The molecule has 0 saturated carbocycles. The fraction of sp³-hybridized carbons (Fsp3) is 0. The van der Waals surface area contributed by atoms with Gasteiger partial charge in [-0.1, -0.05) is 0 Å². The largest absolute Gasteiger partial charge is 1.00 e. The van der Waals surface area contributed by atoms with E-state index in [4.69, 9.17) is 0 Å². The third kappa shape index (κ3) is 2.43. The molecule has 0 unspecified atom stereocenters. The van der Waals surface area contributed by atoms with E-state index in [1.54, 1.807) is 0 Å². The van der Waals surface area contributed by atoms with Crippen LogP contribution in [0, 0.1) is 0 Å². The molecule has 0 fully saturated rings. The molecule has 1 aromatic rings.